The molecule has 0 spiro atoms. The van der Waals surface area contributed by atoms with Crippen molar-refractivity contribution in [2.75, 3.05) is 5.75 Å². The minimum atomic E-state index is -1.23. The van der Waals surface area contributed by atoms with Gasteiger partial charge in [0.2, 0.25) is 0 Å². The van der Waals surface area contributed by atoms with Crippen LogP contribution in [0.15, 0.2) is 84.1 Å². The summed E-state index contributed by atoms with van der Waals surface area (Å²) in [5.41, 5.74) is 8.17. The van der Waals surface area contributed by atoms with Crippen molar-refractivity contribution in [3.05, 3.63) is 95.2 Å². The number of allylic oxidation sites excluding steroid dienone is 2. The number of nitrogens with two attached hydrogens (primary N) is 1. The van der Waals surface area contributed by atoms with Crippen LogP contribution in [0.3, 0.4) is 0 Å². The fourth-order valence-electron chi connectivity index (χ4n) is 4.26. The van der Waals surface area contributed by atoms with E-state index in [9.17, 15) is 14.7 Å². The summed E-state index contributed by atoms with van der Waals surface area (Å²) >= 11 is 1.52. The number of carboxylic acid groups (broad SMARTS) is 1. The molecule has 148 valence electrons. The number of benzene rings is 2. The highest BCUT2D eigenvalue weighted by atomic mass is 32.2. The lowest BCUT2D eigenvalue weighted by Crippen LogP contribution is -2.80. The zero-order valence-corrected chi connectivity index (χ0v) is 16.8. The standard InChI is InChI=1S/C23H22N2O3S/c1-2-9-17-14-29-22-23(24,21(28)25(22)19(17)20(26)27)18(15-10-5-3-6-11-15)16-12-7-4-8-13-16/h2-13,18,22H,14,24H2,1H3,(H,26,27)/t22-,23?/m0/s1. The first-order chi connectivity index (χ1) is 14.0. The third-order valence-electron chi connectivity index (χ3n) is 5.49. The van der Waals surface area contributed by atoms with Gasteiger partial charge in [-0.1, -0.05) is 72.8 Å². The summed E-state index contributed by atoms with van der Waals surface area (Å²) in [6.45, 7) is 1.83. The maximum absolute atomic E-state index is 13.4. The molecule has 2 atom stereocenters. The molecule has 1 saturated heterocycles. The van der Waals surface area contributed by atoms with Crippen molar-refractivity contribution in [3.8, 4) is 0 Å². The summed E-state index contributed by atoms with van der Waals surface area (Å²) in [5.74, 6) is -1.33. The van der Waals surface area contributed by atoms with Crippen molar-refractivity contribution in [3.63, 3.8) is 0 Å². The smallest absolute Gasteiger partial charge is 0.352 e. The van der Waals surface area contributed by atoms with Crippen molar-refractivity contribution in [1.29, 1.82) is 0 Å². The molecule has 4 rings (SSSR count). The fraction of sp³-hybridized carbons (Fsp3) is 0.217. The topological polar surface area (TPSA) is 83.6 Å². The number of hydrogen-bond donors (Lipinski definition) is 2. The van der Waals surface area contributed by atoms with Crippen molar-refractivity contribution in [2.45, 2.75) is 23.8 Å². The number of carbonyl (C=O) groups excluding carboxylic acids is 1. The van der Waals surface area contributed by atoms with Gasteiger partial charge in [-0.05, 0) is 23.6 Å². The number of nitrogens with zero attached hydrogens (tertiary/aromatic N) is 1. The Morgan fingerprint density at radius 2 is 1.72 bits per heavy atom. The Kier molecular flexibility index (Phi) is 5.06. The Morgan fingerprint density at radius 3 is 2.21 bits per heavy atom. The lowest BCUT2D eigenvalue weighted by molar-refractivity contribution is -0.155. The second-order valence-corrected chi connectivity index (χ2v) is 8.27. The zero-order valence-electron chi connectivity index (χ0n) is 16.0. The number of aliphatic carboxylic acids is 1. The van der Waals surface area contributed by atoms with Gasteiger partial charge in [0.25, 0.3) is 5.91 Å². The maximum Gasteiger partial charge on any atom is 0.352 e. The summed E-state index contributed by atoms with van der Waals surface area (Å²) < 4.78 is 0. The molecule has 5 nitrogen and oxygen atoms in total. The number of rotatable bonds is 5. The number of β-lactam (4-membered cyclic amide) rings is 1. The van der Waals surface area contributed by atoms with Gasteiger partial charge in [-0.3, -0.25) is 9.69 Å². The lowest BCUT2D eigenvalue weighted by Gasteiger charge is -2.58. The molecule has 2 aliphatic heterocycles. The van der Waals surface area contributed by atoms with Crippen LogP contribution in [0, 0.1) is 0 Å². The van der Waals surface area contributed by atoms with Gasteiger partial charge in [-0.2, -0.15) is 0 Å². The fourth-order valence-corrected chi connectivity index (χ4v) is 5.69. The van der Waals surface area contributed by atoms with Gasteiger partial charge in [-0.25, -0.2) is 4.79 Å². The second kappa shape index (κ2) is 7.54. The molecule has 6 heteroatoms. The van der Waals surface area contributed by atoms with Gasteiger partial charge in [-0.15, -0.1) is 11.8 Å². The second-order valence-electron chi connectivity index (χ2n) is 7.20. The largest absolute Gasteiger partial charge is 0.477 e. The Morgan fingerprint density at radius 1 is 1.17 bits per heavy atom. The quantitative estimate of drug-likeness (QED) is 0.744. The summed E-state index contributed by atoms with van der Waals surface area (Å²) in [4.78, 5) is 26.8. The van der Waals surface area contributed by atoms with Crippen LogP contribution in [-0.4, -0.2) is 38.5 Å². The average molecular weight is 407 g/mol. The van der Waals surface area contributed by atoms with E-state index in [2.05, 4.69) is 0 Å². The maximum atomic E-state index is 13.4. The monoisotopic (exact) mass is 406 g/mol. The Bertz CT molecular complexity index is 964. The summed E-state index contributed by atoms with van der Waals surface area (Å²) in [6, 6.07) is 19.4. The molecule has 0 bridgehead atoms. The highest BCUT2D eigenvalue weighted by Crippen LogP contribution is 2.52. The van der Waals surface area contributed by atoms with E-state index in [1.807, 2.05) is 67.6 Å². The van der Waals surface area contributed by atoms with E-state index in [0.717, 1.165) is 11.1 Å². The Labute approximate surface area is 173 Å². The summed E-state index contributed by atoms with van der Waals surface area (Å²) in [6.07, 6.45) is 3.54. The van der Waals surface area contributed by atoms with E-state index in [-0.39, 0.29) is 17.5 Å². The molecule has 0 radical (unpaired) electrons. The first kappa shape index (κ1) is 19.5. The number of carboxylic acids is 1. The van der Waals surface area contributed by atoms with E-state index in [1.165, 1.54) is 16.7 Å². The van der Waals surface area contributed by atoms with Gasteiger partial charge < -0.3 is 10.8 Å². The van der Waals surface area contributed by atoms with Crippen LogP contribution in [-0.2, 0) is 9.59 Å². The summed E-state index contributed by atoms with van der Waals surface area (Å²) in [5, 5.41) is 9.34. The highest BCUT2D eigenvalue weighted by Gasteiger charge is 2.66. The molecule has 2 aromatic rings. The van der Waals surface area contributed by atoms with Crippen LogP contribution in [0.5, 0.6) is 0 Å². The van der Waals surface area contributed by atoms with Crippen LogP contribution in [0.25, 0.3) is 0 Å². The molecule has 2 heterocycles. The molecule has 1 unspecified atom stereocenters. The van der Waals surface area contributed by atoms with Gasteiger partial charge in [0, 0.05) is 11.7 Å². The van der Waals surface area contributed by atoms with Gasteiger partial charge >= 0.3 is 5.97 Å². The predicted octanol–water partition coefficient (Wildman–Crippen LogP) is 3.35. The number of carbonyl (C=O) groups is 2. The van der Waals surface area contributed by atoms with E-state index >= 15 is 0 Å². The van der Waals surface area contributed by atoms with Crippen LogP contribution in [0.1, 0.15) is 24.0 Å². The van der Waals surface area contributed by atoms with E-state index < -0.39 is 16.9 Å². The van der Waals surface area contributed by atoms with Crippen LogP contribution in [0.2, 0.25) is 0 Å². The van der Waals surface area contributed by atoms with Gasteiger partial charge in [0.15, 0.2) is 0 Å². The number of amides is 1. The van der Waals surface area contributed by atoms with E-state index in [4.69, 9.17) is 5.73 Å². The van der Waals surface area contributed by atoms with Crippen molar-refractivity contribution in [1.82, 2.24) is 4.90 Å². The molecule has 3 N–H and O–H groups in total. The van der Waals surface area contributed by atoms with E-state index in [1.54, 1.807) is 12.2 Å². The SMILES string of the molecule is CC=CC1=C(C(=O)O)N2C(=O)C(N)(C(c3ccccc3)c3ccccc3)[C@@H]2SC1. The molecular weight excluding hydrogens is 384 g/mol. The molecule has 1 amide bonds. The first-order valence-corrected chi connectivity index (χ1v) is 10.5. The third kappa shape index (κ3) is 2.99. The minimum Gasteiger partial charge on any atom is -0.477 e. The molecule has 0 aliphatic carbocycles. The first-order valence-electron chi connectivity index (χ1n) is 9.43. The highest BCUT2D eigenvalue weighted by molar-refractivity contribution is 8.00. The van der Waals surface area contributed by atoms with E-state index in [0.29, 0.717) is 11.3 Å². The van der Waals surface area contributed by atoms with Crippen molar-refractivity contribution in [2.24, 2.45) is 5.73 Å². The van der Waals surface area contributed by atoms with Crippen LogP contribution >= 0.6 is 11.8 Å². The molecular formula is C23H22N2O3S. The average Bonchev–Trinajstić information content (AvgIpc) is 2.74. The molecule has 0 aromatic heterocycles. The number of hydrogen-bond acceptors (Lipinski definition) is 4. The summed E-state index contributed by atoms with van der Waals surface area (Å²) in [7, 11) is 0. The normalized spacial score (nSPS) is 24.0. The minimum absolute atomic E-state index is 0.0396. The number of thioether (sulfide) groups is 1. The molecule has 2 aliphatic rings. The molecule has 0 saturated carbocycles. The van der Waals surface area contributed by atoms with Gasteiger partial charge in [0.1, 0.15) is 16.6 Å². The molecule has 29 heavy (non-hydrogen) atoms. The molecule has 2 aromatic carbocycles. The zero-order chi connectivity index (χ0) is 20.6. The lowest BCUT2D eigenvalue weighted by atomic mass is 9.69. The molecule has 1 fully saturated rings. The predicted molar refractivity (Wildman–Crippen MR) is 114 cm³/mol. The Balaban J connectivity index is 1.82. The van der Waals surface area contributed by atoms with Crippen molar-refractivity contribution >= 4 is 23.6 Å². The Hall–Kier alpha value is -2.83. The number of fused-ring (bicyclic) bond motifs is 1. The van der Waals surface area contributed by atoms with Crippen molar-refractivity contribution < 1.29 is 14.7 Å². The van der Waals surface area contributed by atoms with Gasteiger partial charge in [0.05, 0.1) is 0 Å². The van der Waals surface area contributed by atoms with Crippen LogP contribution in [0.4, 0.5) is 0 Å². The van der Waals surface area contributed by atoms with Crippen LogP contribution < -0.4 is 5.73 Å². The third-order valence-corrected chi connectivity index (χ3v) is 6.88.